The van der Waals surface area contributed by atoms with E-state index in [1.807, 2.05) is 0 Å². The third-order valence-corrected chi connectivity index (χ3v) is 4.50. The normalized spacial score (nSPS) is 11.3. The van der Waals surface area contributed by atoms with Gasteiger partial charge in [-0.2, -0.15) is 23.1 Å². The van der Waals surface area contributed by atoms with Crippen LogP contribution in [0.25, 0.3) is 11.4 Å². The second-order valence-electron chi connectivity index (χ2n) is 7.10. The molecule has 2 aromatic carbocycles. The number of halogens is 3. The van der Waals surface area contributed by atoms with Gasteiger partial charge in [0, 0.05) is 18.4 Å². The number of nitrogens with one attached hydrogen (secondary N) is 2. The highest BCUT2D eigenvalue weighted by molar-refractivity contribution is 5.61. The van der Waals surface area contributed by atoms with E-state index in [1.54, 1.807) is 31.4 Å². The first-order valence-corrected chi connectivity index (χ1v) is 10.2. The third-order valence-electron chi connectivity index (χ3n) is 4.50. The molecule has 0 atom stereocenters. The summed E-state index contributed by atoms with van der Waals surface area (Å²) in [4.78, 5) is 11.0. The fourth-order valence-corrected chi connectivity index (χ4v) is 2.96. The molecule has 0 amide bonds. The van der Waals surface area contributed by atoms with E-state index < -0.39 is 11.7 Å². The molecule has 0 spiro atoms. The maximum atomic E-state index is 12.9. The summed E-state index contributed by atoms with van der Waals surface area (Å²) in [6.45, 7) is 0.661. The minimum absolute atomic E-state index is 0.0217. The molecule has 35 heavy (non-hydrogen) atoms. The first-order chi connectivity index (χ1) is 16.8. The molecule has 0 aliphatic heterocycles. The molecule has 0 saturated heterocycles. The molecule has 10 nitrogen and oxygen atoms in total. The summed E-state index contributed by atoms with van der Waals surface area (Å²) in [6, 6.07) is 13.1. The van der Waals surface area contributed by atoms with Crippen molar-refractivity contribution in [2.45, 2.75) is 6.18 Å². The quantitative estimate of drug-likeness (QED) is 0.293. The van der Waals surface area contributed by atoms with Crippen molar-refractivity contribution in [3.63, 3.8) is 0 Å². The Balaban J connectivity index is 1.48. The molecule has 4 N–H and O–H groups in total. The van der Waals surface area contributed by atoms with Gasteiger partial charge in [-0.3, -0.25) is 0 Å². The highest BCUT2D eigenvalue weighted by Crippen LogP contribution is 2.31. The first-order valence-electron chi connectivity index (χ1n) is 10.2. The average Bonchev–Trinajstić information content (AvgIpc) is 3.27. The Morgan fingerprint density at radius 2 is 1.77 bits per heavy atom. The SMILES string of the molecule is COCCOc1cc(Oc2cccc(-c3nnc(Nc4cccc(C(F)(F)F)c4)[nH]3)c2)nc(N)n1. The van der Waals surface area contributed by atoms with Crippen molar-refractivity contribution < 1.29 is 27.4 Å². The molecule has 0 saturated carbocycles. The van der Waals surface area contributed by atoms with E-state index in [0.29, 0.717) is 23.7 Å². The maximum Gasteiger partial charge on any atom is 0.416 e. The fraction of sp³-hybridized carbons (Fsp3) is 0.182. The Labute approximate surface area is 197 Å². The second-order valence-corrected chi connectivity index (χ2v) is 7.10. The number of benzene rings is 2. The number of methoxy groups -OCH3 is 1. The zero-order chi connectivity index (χ0) is 24.8. The number of H-pyrrole nitrogens is 1. The van der Waals surface area contributed by atoms with Crippen LogP contribution in [0.4, 0.5) is 30.8 Å². The van der Waals surface area contributed by atoms with Crippen LogP contribution in [0.3, 0.4) is 0 Å². The van der Waals surface area contributed by atoms with Gasteiger partial charge in [0.05, 0.1) is 18.2 Å². The smallest absolute Gasteiger partial charge is 0.416 e. The van der Waals surface area contributed by atoms with Gasteiger partial charge in [-0.05, 0) is 30.3 Å². The van der Waals surface area contributed by atoms with E-state index in [9.17, 15) is 13.2 Å². The Hall–Kier alpha value is -4.39. The minimum Gasteiger partial charge on any atom is -0.475 e. The van der Waals surface area contributed by atoms with Gasteiger partial charge in [-0.25, -0.2) is 0 Å². The van der Waals surface area contributed by atoms with Gasteiger partial charge in [0.2, 0.25) is 23.7 Å². The van der Waals surface area contributed by atoms with Gasteiger partial charge in [0.15, 0.2) is 5.82 Å². The summed E-state index contributed by atoms with van der Waals surface area (Å²) in [6.07, 6.45) is -4.45. The van der Waals surface area contributed by atoms with Gasteiger partial charge >= 0.3 is 6.18 Å². The molecule has 0 aliphatic rings. The van der Waals surface area contributed by atoms with Crippen molar-refractivity contribution in [1.82, 2.24) is 25.1 Å². The van der Waals surface area contributed by atoms with Crippen LogP contribution in [-0.4, -0.2) is 45.5 Å². The van der Waals surface area contributed by atoms with Crippen molar-refractivity contribution in [2.24, 2.45) is 0 Å². The van der Waals surface area contributed by atoms with Gasteiger partial charge in [0.1, 0.15) is 12.4 Å². The van der Waals surface area contributed by atoms with Crippen LogP contribution in [0, 0.1) is 0 Å². The predicted molar refractivity (Wildman–Crippen MR) is 120 cm³/mol. The van der Waals surface area contributed by atoms with E-state index in [1.165, 1.54) is 18.2 Å². The molecule has 4 rings (SSSR count). The van der Waals surface area contributed by atoms with Crippen LogP contribution >= 0.6 is 0 Å². The number of aromatic amines is 1. The molecule has 182 valence electrons. The molecule has 13 heteroatoms. The molecule has 2 aromatic heterocycles. The predicted octanol–water partition coefficient (Wildman–Crippen LogP) is 4.42. The number of anilines is 3. The van der Waals surface area contributed by atoms with Crippen molar-refractivity contribution >= 4 is 17.6 Å². The Morgan fingerprint density at radius 3 is 2.57 bits per heavy atom. The lowest BCUT2D eigenvalue weighted by atomic mass is 10.2. The number of ether oxygens (including phenoxy) is 3. The van der Waals surface area contributed by atoms with E-state index in [4.69, 9.17) is 19.9 Å². The zero-order valence-corrected chi connectivity index (χ0v) is 18.3. The highest BCUT2D eigenvalue weighted by Gasteiger charge is 2.30. The largest absolute Gasteiger partial charge is 0.475 e. The van der Waals surface area contributed by atoms with Gasteiger partial charge in [0.25, 0.3) is 0 Å². The Morgan fingerprint density at radius 1 is 0.971 bits per heavy atom. The van der Waals surface area contributed by atoms with Gasteiger partial charge in [-0.1, -0.05) is 18.2 Å². The summed E-state index contributed by atoms with van der Waals surface area (Å²) in [5.74, 6) is 1.36. The third kappa shape index (κ3) is 6.35. The zero-order valence-electron chi connectivity index (χ0n) is 18.3. The lowest BCUT2D eigenvalue weighted by Gasteiger charge is -2.09. The van der Waals surface area contributed by atoms with Crippen molar-refractivity contribution in [3.05, 3.63) is 60.2 Å². The fourth-order valence-electron chi connectivity index (χ4n) is 2.96. The van der Waals surface area contributed by atoms with E-state index in [-0.39, 0.29) is 36.0 Å². The molecule has 4 aromatic rings. The molecule has 0 unspecified atom stereocenters. The number of nitrogens with two attached hydrogens (primary N) is 1. The van der Waals surface area contributed by atoms with Crippen LogP contribution < -0.4 is 20.5 Å². The van der Waals surface area contributed by atoms with Crippen LogP contribution in [0.1, 0.15) is 5.56 Å². The van der Waals surface area contributed by atoms with Crippen LogP contribution in [0.15, 0.2) is 54.6 Å². The number of nitrogens with zero attached hydrogens (tertiary/aromatic N) is 4. The lowest BCUT2D eigenvalue weighted by molar-refractivity contribution is -0.137. The molecule has 0 fully saturated rings. The Bertz CT molecular complexity index is 1300. The lowest BCUT2D eigenvalue weighted by Crippen LogP contribution is -2.07. The van der Waals surface area contributed by atoms with Crippen LogP contribution in [-0.2, 0) is 10.9 Å². The number of rotatable bonds is 9. The summed E-state index contributed by atoms with van der Waals surface area (Å²) >= 11 is 0. The molecule has 2 heterocycles. The molecular formula is C22H20F3N7O3. The number of hydrogen-bond acceptors (Lipinski definition) is 9. The topological polar surface area (TPSA) is 133 Å². The maximum absolute atomic E-state index is 12.9. The number of hydrogen-bond donors (Lipinski definition) is 3. The first kappa shape index (κ1) is 23.8. The van der Waals surface area contributed by atoms with Gasteiger partial charge in [-0.15, -0.1) is 10.2 Å². The van der Waals surface area contributed by atoms with Crippen molar-refractivity contribution in [2.75, 3.05) is 31.4 Å². The summed E-state index contributed by atoms with van der Waals surface area (Å²) < 4.78 is 55.0. The molecule has 0 radical (unpaired) electrons. The number of nitrogen functional groups attached to an aromatic ring is 1. The highest BCUT2D eigenvalue weighted by atomic mass is 19.4. The van der Waals surface area contributed by atoms with Gasteiger partial charge < -0.3 is 30.2 Å². The monoisotopic (exact) mass is 487 g/mol. The van der Waals surface area contributed by atoms with E-state index in [0.717, 1.165) is 12.1 Å². The number of alkyl halides is 3. The number of aromatic nitrogens is 5. The summed E-state index contributed by atoms with van der Waals surface area (Å²) in [5.41, 5.74) is 5.79. The standard InChI is InChI=1S/C22H20F3N7O3/c1-33-8-9-34-17-12-18(29-20(26)28-17)35-16-7-2-4-13(10-16)19-30-21(32-31-19)27-15-6-3-5-14(11-15)22(23,24)25/h2-7,10-12H,8-9H2,1H3,(H2,26,28,29)(H2,27,30,31,32). The molecule has 0 aliphatic carbocycles. The van der Waals surface area contributed by atoms with Crippen molar-refractivity contribution in [1.29, 1.82) is 0 Å². The van der Waals surface area contributed by atoms with E-state index in [2.05, 4.69) is 30.5 Å². The van der Waals surface area contributed by atoms with E-state index >= 15 is 0 Å². The minimum atomic E-state index is -4.45. The average molecular weight is 487 g/mol. The summed E-state index contributed by atoms with van der Waals surface area (Å²) in [7, 11) is 1.55. The van der Waals surface area contributed by atoms with Crippen LogP contribution in [0.5, 0.6) is 17.5 Å². The summed E-state index contributed by atoms with van der Waals surface area (Å²) in [5, 5.41) is 10.8. The molecular weight excluding hydrogens is 467 g/mol. The van der Waals surface area contributed by atoms with Crippen LogP contribution in [0.2, 0.25) is 0 Å². The van der Waals surface area contributed by atoms with Crippen molar-refractivity contribution in [3.8, 4) is 28.9 Å². The molecule has 0 bridgehead atoms. The second kappa shape index (κ2) is 10.3. The Kier molecular flexibility index (Phi) is 6.96.